The Morgan fingerprint density at radius 3 is 3.06 bits per heavy atom. The molecule has 0 aliphatic carbocycles. The van der Waals surface area contributed by atoms with Crippen LogP contribution in [0.4, 0.5) is 5.82 Å². The number of hydrogen-bond acceptors (Lipinski definition) is 5. The second-order valence-corrected chi connectivity index (χ2v) is 4.20. The lowest BCUT2D eigenvalue weighted by molar-refractivity contribution is 0.0935. The molecule has 0 saturated carbocycles. The Hall–Kier alpha value is -1.89. The van der Waals surface area contributed by atoms with Gasteiger partial charge in [-0.1, -0.05) is 0 Å². The molecule has 6 nitrogen and oxygen atoms in total. The van der Waals surface area contributed by atoms with Crippen LogP contribution in [0.15, 0.2) is 17.6 Å². The number of carbonyl (C=O) groups is 1. The average Bonchev–Trinajstić information content (AvgIpc) is 2.87. The first-order valence-electron chi connectivity index (χ1n) is 4.68. The molecule has 2 aromatic heterocycles. The molecule has 7 heteroatoms. The smallest absolute Gasteiger partial charge is 0.269 e. The van der Waals surface area contributed by atoms with E-state index in [9.17, 15) is 4.79 Å². The van der Waals surface area contributed by atoms with E-state index < -0.39 is 0 Å². The molecule has 0 bridgehead atoms. The quantitative estimate of drug-likeness (QED) is 0.740. The zero-order chi connectivity index (χ0) is 11.5. The lowest BCUT2D eigenvalue weighted by Gasteiger charge is -2.09. The number of rotatable bonds is 3. The predicted octanol–water partition coefficient (Wildman–Crippen LogP) is 0.939. The molecule has 1 unspecified atom stereocenters. The Kier molecular flexibility index (Phi) is 2.86. The maximum absolute atomic E-state index is 11.7. The summed E-state index contributed by atoms with van der Waals surface area (Å²) in [6.07, 6.45) is 1.71. The van der Waals surface area contributed by atoms with E-state index in [1.165, 1.54) is 17.4 Å². The average molecular weight is 237 g/mol. The third kappa shape index (κ3) is 2.19. The Morgan fingerprint density at radius 2 is 2.50 bits per heavy atom. The van der Waals surface area contributed by atoms with Crippen molar-refractivity contribution in [3.63, 3.8) is 0 Å². The Balaban J connectivity index is 2.03. The van der Waals surface area contributed by atoms with Crippen molar-refractivity contribution < 1.29 is 4.79 Å². The molecular weight excluding hydrogens is 226 g/mol. The second-order valence-electron chi connectivity index (χ2n) is 3.27. The van der Waals surface area contributed by atoms with E-state index in [-0.39, 0.29) is 11.9 Å². The van der Waals surface area contributed by atoms with Crippen LogP contribution in [-0.2, 0) is 0 Å². The molecule has 0 saturated heterocycles. The number of nitrogens with two attached hydrogens (primary N) is 1. The summed E-state index contributed by atoms with van der Waals surface area (Å²) in [7, 11) is 0. The normalized spacial score (nSPS) is 12.3. The maximum atomic E-state index is 11.7. The van der Waals surface area contributed by atoms with Crippen LogP contribution in [-0.4, -0.2) is 21.1 Å². The minimum atomic E-state index is -0.244. The lowest BCUT2D eigenvalue weighted by Crippen LogP contribution is -2.26. The first-order chi connectivity index (χ1) is 7.66. The largest absolute Gasteiger partial charge is 0.382 e. The summed E-state index contributed by atoms with van der Waals surface area (Å²) in [6, 6.07) is 1.36. The van der Waals surface area contributed by atoms with Crippen molar-refractivity contribution >= 4 is 23.1 Å². The molecule has 0 radical (unpaired) electrons. The summed E-state index contributed by atoms with van der Waals surface area (Å²) < 4.78 is 0. The van der Waals surface area contributed by atoms with Crippen LogP contribution in [0.2, 0.25) is 0 Å². The molecule has 0 aliphatic heterocycles. The van der Waals surface area contributed by atoms with Gasteiger partial charge in [0, 0.05) is 17.6 Å². The fourth-order valence-electron chi connectivity index (χ4n) is 1.24. The molecule has 0 aliphatic rings. The Labute approximate surface area is 95.9 Å². The van der Waals surface area contributed by atoms with Crippen LogP contribution >= 0.6 is 11.3 Å². The summed E-state index contributed by atoms with van der Waals surface area (Å²) in [5.41, 5.74) is 5.76. The van der Waals surface area contributed by atoms with Crippen molar-refractivity contribution in [3.05, 3.63) is 28.3 Å². The van der Waals surface area contributed by atoms with Crippen molar-refractivity contribution in [1.29, 1.82) is 0 Å². The van der Waals surface area contributed by atoms with Crippen molar-refractivity contribution in [2.45, 2.75) is 13.0 Å². The van der Waals surface area contributed by atoms with Gasteiger partial charge in [-0.3, -0.25) is 9.89 Å². The highest BCUT2D eigenvalue weighted by Gasteiger charge is 2.14. The summed E-state index contributed by atoms with van der Waals surface area (Å²) in [5, 5.41) is 11.8. The molecular formula is C9H11N5OS. The molecule has 1 atom stereocenters. The molecule has 2 aromatic rings. The van der Waals surface area contributed by atoms with Gasteiger partial charge in [0.25, 0.3) is 5.91 Å². The summed E-state index contributed by atoms with van der Waals surface area (Å²) in [4.78, 5) is 15.8. The fraction of sp³-hybridized carbons (Fsp3) is 0.222. The Bertz CT molecular complexity index is 478. The monoisotopic (exact) mass is 237 g/mol. The van der Waals surface area contributed by atoms with Gasteiger partial charge >= 0.3 is 0 Å². The van der Waals surface area contributed by atoms with E-state index in [1.807, 2.05) is 12.3 Å². The van der Waals surface area contributed by atoms with Gasteiger partial charge in [-0.15, -0.1) is 11.3 Å². The van der Waals surface area contributed by atoms with Crippen molar-refractivity contribution in [2.24, 2.45) is 0 Å². The third-order valence-electron chi connectivity index (χ3n) is 2.01. The van der Waals surface area contributed by atoms with Gasteiger partial charge in [0.05, 0.1) is 6.04 Å². The van der Waals surface area contributed by atoms with Crippen LogP contribution in [0, 0.1) is 0 Å². The molecule has 2 heterocycles. The first kappa shape index (κ1) is 10.6. The van der Waals surface area contributed by atoms with Gasteiger partial charge in [0.15, 0.2) is 0 Å². The predicted molar refractivity (Wildman–Crippen MR) is 61.0 cm³/mol. The molecule has 2 rings (SSSR count). The molecule has 0 spiro atoms. The number of H-pyrrole nitrogens is 1. The number of nitrogens with one attached hydrogen (secondary N) is 2. The van der Waals surface area contributed by atoms with E-state index in [4.69, 9.17) is 5.73 Å². The van der Waals surface area contributed by atoms with Crippen molar-refractivity contribution in [1.82, 2.24) is 20.5 Å². The van der Waals surface area contributed by atoms with E-state index in [0.717, 1.165) is 5.01 Å². The van der Waals surface area contributed by atoms with Crippen LogP contribution in [0.25, 0.3) is 0 Å². The van der Waals surface area contributed by atoms with Crippen LogP contribution in [0.5, 0.6) is 0 Å². The maximum Gasteiger partial charge on any atom is 0.269 e. The van der Waals surface area contributed by atoms with Gasteiger partial charge in [0.1, 0.15) is 16.5 Å². The highest BCUT2D eigenvalue weighted by molar-refractivity contribution is 7.09. The number of nitrogen functional groups attached to an aromatic ring is 1. The number of carbonyl (C=O) groups excluding carboxylic acids is 1. The lowest BCUT2D eigenvalue weighted by atomic mass is 10.3. The van der Waals surface area contributed by atoms with E-state index in [0.29, 0.717) is 11.5 Å². The minimum absolute atomic E-state index is 0.128. The van der Waals surface area contributed by atoms with Crippen LogP contribution < -0.4 is 11.1 Å². The molecule has 4 N–H and O–H groups in total. The van der Waals surface area contributed by atoms with Gasteiger partial charge < -0.3 is 11.1 Å². The number of thiazole rings is 1. The molecule has 1 amide bonds. The SMILES string of the molecule is CC(NC(=O)c1cc(N)n[nH]1)c1nccs1. The number of nitrogens with zero attached hydrogens (tertiary/aromatic N) is 2. The van der Waals surface area contributed by atoms with Crippen molar-refractivity contribution in [2.75, 3.05) is 5.73 Å². The van der Waals surface area contributed by atoms with Gasteiger partial charge in [0.2, 0.25) is 0 Å². The molecule has 16 heavy (non-hydrogen) atoms. The summed E-state index contributed by atoms with van der Waals surface area (Å²) in [5.74, 6) is 0.0546. The highest BCUT2D eigenvalue weighted by Crippen LogP contribution is 2.15. The standard InChI is InChI=1S/C9H11N5OS/c1-5(9-11-2-3-16-9)12-8(15)6-4-7(10)14-13-6/h2-5H,1H3,(H,12,15)(H3,10,13,14). The van der Waals surface area contributed by atoms with E-state index >= 15 is 0 Å². The highest BCUT2D eigenvalue weighted by atomic mass is 32.1. The zero-order valence-electron chi connectivity index (χ0n) is 8.60. The second kappa shape index (κ2) is 4.31. The van der Waals surface area contributed by atoms with E-state index in [1.54, 1.807) is 6.20 Å². The summed E-state index contributed by atoms with van der Waals surface area (Å²) in [6.45, 7) is 1.87. The van der Waals surface area contributed by atoms with Gasteiger partial charge in [-0.2, -0.15) is 5.10 Å². The van der Waals surface area contributed by atoms with Crippen LogP contribution in [0.3, 0.4) is 0 Å². The number of anilines is 1. The van der Waals surface area contributed by atoms with E-state index in [2.05, 4.69) is 20.5 Å². The zero-order valence-corrected chi connectivity index (χ0v) is 9.41. The third-order valence-corrected chi connectivity index (χ3v) is 2.97. The number of aromatic amines is 1. The minimum Gasteiger partial charge on any atom is -0.382 e. The number of amides is 1. The van der Waals surface area contributed by atoms with Gasteiger partial charge in [-0.25, -0.2) is 4.98 Å². The van der Waals surface area contributed by atoms with Gasteiger partial charge in [-0.05, 0) is 6.92 Å². The first-order valence-corrected chi connectivity index (χ1v) is 5.56. The number of aromatic nitrogens is 3. The molecule has 0 fully saturated rings. The Morgan fingerprint density at radius 1 is 1.69 bits per heavy atom. The number of hydrogen-bond donors (Lipinski definition) is 3. The van der Waals surface area contributed by atoms with Crippen molar-refractivity contribution in [3.8, 4) is 0 Å². The fourth-order valence-corrected chi connectivity index (χ4v) is 1.88. The van der Waals surface area contributed by atoms with Crippen LogP contribution in [0.1, 0.15) is 28.5 Å². The summed E-state index contributed by atoms with van der Waals surface area (Å²) >= 11 is 1.50. The molecule has 84 valence electrons. The molecule has 0 aromatic carbocycles. The topological polar surface area (TPSA) is 96.7 Å².